The maximum Gasteiger partial charge on any atom is 0.225 e. The zero-order valence-electron chi connectivity index (χ0n) is 12.2. The number of nitrogens with zero attached hydrogens (tertiary/aromatic N) is 3. The number of ether oxygens (including phenoxy) is 1. The summed E-state index contributed by atoms with van der Waals surface area (Å²) >= 11 is 1.72. The molecule has 1 saturated heterocycles. The Kier molecular flexibility index (Phi) is 3.63. The molecule has 22 heavy (non-hydrogen) atoms. The zero-order chi connectivity index (χ0) is 14.9. The second-order valence-corrected chi connectivity index (χ2v) is 6.65. The first-order valence-electron chi connectivity index (χ1n) is 7.56. The number of rotatable bonds is 2. The van der Waals surface area contributed by atoms with Gasteiger partial charge in [-0.05, 0) is 17.9 Å². The van der Waals surface area contributed by atoms with E-state index in [0.717, 1.165) is 31.2 Å². The lowest BCUT2D eigenvalue weighted by molar-refractivity contribution is 0.0963. The van der Waals surface area contributed by atoms with Crippen LogP contribution in [0.4, 0.5) is 5.95 Å². The fourth-order valence-electron chi connectivity index (χ4n) is 3.07. The second kappa shape index (κ2) is 5.78. The first kappa shape index (κ1) is 13.8. The number of hydrogen-bond acceptors (Lipinski definition) is 6. The summed E-state index contributed by atoms with van der Waals surface area (Å²) in [5.41, 5.74) is 1.59. The average Bonchev–Trinajstić information content (AvgIpc) is 3.09. The van der Waals surface area contributed by atoms with Crippen molar-refractivity contribution in [3.8, 4) is 0 Å². The van der Waals surface area contributed by atoms with Gasteiger partial charge in [-0.3, -0.25) is 4.79 Å². The molecule has 5 nitrogen and oxygen atoms in total. The van der Waals surface area contributed by atoms with Gasteiger partial charge in [0.05, 0.1) is 24.5 Å². The molecule has 3 heterocycles. The number of carbonyl (C=O) groups excluding carboxylic acids is 1. The first-order valence-corrected chi connectivity index (χ1v) is 8.44. The molecule has 0 aromatic carbocycles. The minimum Gasteiger partial charge on any atom is -0.378 e. The summed E-state index contributed by atoms with van der Waals surface area (Å²) in [4.78, 5) is 24.9. The predicted octanol–water partition coefficient (Wildman–Crippen LogP) is 2.29. The number of fused-ring (bicyclic) bond motifs is 1. The van der Waals surface area contributed by atoms with Gasteiger partial charge in [0.25, 0.3) is 0 Å². The summed E-state index contributed by atoms with van der Waals surface area (Å²) in [6.07, 6.45) is 3.09. The number of thiophene rings is 1. The van der Waals surface area contributed by atoms with Crippen LogP contribution < -0.4 is 4.90 Å². The summed E-state index contributed by atoms with van der Waals surface area (Å²) in [6.45, 7) is 3.02. The van der Waals surface area contributed by atoms with E-state index in [-0.39, 0.29) is 11.7 Å². The van der Waals surface area contributed by atoms with Crippen molar-refractivity contribution in [3.05, 3.63) is 39.8 Å². The lowest BCUT2D eigenvalue weighted by atomic mass is 9.86. The van der Waals surface area contributed by atoms with Gasteiger partial charge in [-0.25, -0.2) is 9.97 Å². The molecule has 0 amide bonds. The van der Waals surface area contributed by atoms with Crippen LogP contribution in [0, 0.1) is 0 Å². The number of carbonyl (C=O) groups is 1. The van der Waals surface area contributed by atoms with Crippen LogP contribution in [0.2, 0.25) is 0 Å². The van der Waals surface area contributed by atoms with Gasteiger partial charge in [-0.15, -0.1) is 11.3 Å². The van der Waals surface area contributed by atoms with E-state index in [1.807, 2.05) is 6.07 Å². The number of anilines is 1. The molecule has 1 fully saturated rings. The van der Waals surface area contributed by atoms with E-state index >= 15 is 0 Å². The molecule has 0 spiro atoms. The summed E-state index contributed by atoms with van der Waals surface area (Å²) in [7, 11) is 0. The number of hydrogen-bond donors (Lipinski definition) is 0. The molecule has 6 heteroatoms. The topological polar surface area (TPSA) is 55.3 Å². The van der Waals surface area contributed by atoms with Crippen molar-refractivity contribution in [3.63, 3.8) is 0 Å². The van der Waals surface area contributed by atoms with Crippen LogP contribution in [0.25, 0.3) is 0 Å². The normalized spacial score (nSPS) is 21.7. The van der Waals surface area contributed by atoms with Gasteiger partial charge in [0.2, 0.25) is 5.95 Å². The van der Waals surface area contributed by atoms with Gasteiger partial charge in [-0.1, -0.05) is 6.07 Å². The predicted molar refractivity (Wildman–Crippen MR) is 84.8 cm³/mol. The molecule has 0 radical (unpaired) electrons. The van der Waals surface area contributed by atoms with Gasteiger partial charge in [0.1, 0.15) is 0 Å². The molecule has 1 aliphatic heterocycles. The van der Waals surface area contributed by atoms with Gasteiger partial charge in [0.15, 0.2) is 5.78 Å². The third kappa shape index (κ3) is 2.53. The fourth-order valence-corrected chi connectivity index (χ4v) is 3.91. The monoisotopic (exact) mass is 315 g/mol. The summed E-state index contributed by atoms with van der Waals surface area (Å²) in [5, 5.41) is 2.06. The van der Waals surface area contributed by atoms with Crippen molar-refractivity contribution >= 4 is 23.1 Å². The molecule has 1 aliphatic carbocycles. The van der Waals surface area contributed by atoms with E-state index in [2.05, 4.69) is 21.3 Å². The molecule has 1 atom stereocenters. The Morgan fingerprint density at radius 1 is 1.27 bits per heavy atom. The molecule has 2 aromatic heterocycles. The lowest BCUT2D eigenvalue weighted by Gasteiger charge is -2.28. The summed E-state index contributed by atoms with van der Waals surface area (Å²) in [6, 6.07) is 4.15. The Morgan fingerprint density at radius 2 is 2.14 bits per heavy atom. The van der Waals surface area contributed by atoms with Crippen LogP contribution in [0.15, 0.2) is 23.7 Å². The van der Waals surface area contributed by atoms with Gasteiger partial charge in [-0.2, -0.15) is 0 Å². The Balaban J connectivity index is 1.64. The van der Waals surface area contributed by atoms with Crippen LogP contribution >= 0.6 is 11.3 Å². The lowest BCUT2D eigenvalue weighted by Crippen LogP contribution is -2.37. The highest BCUT2D eigenvalue weighted by Crippen LogP contribution is 2.34. The van der Waals surface area contributed by atoms with E-state index in [0.29, 0.717) is 25.2 Å². The number of ketones is 1. The first-order chi connectivity index (χ1) is 10.8. The largest absolute Gasteiger partial charge is 0.378 e. The highest BCUT2D eigenvalue weighted by molar-refractivity contribution is 7.10. The van der Waals surface area contributed by atoms with Crippen molar-refractivity contribution < 1.29 is 9.53 Å². The SMILES string of the molecule is O=C1C[C@@H](c2cccs2)Cc2nc(N3CCOCC3)ncc21. The highest BCUT2D eigenvalue weighted by Gasteiger charge is 2.29. The van der Waals surface area contributed by atoms with Crippen molar-refractivity contribution in [1.29, 1.82) is 0 Å². The van der Waals surface area contributed by atoms with E-state index < -0.39 is 0 Å². The Hall–Kier alpha value is -1.79. The Bertz CT molecular complexity index is 681. The van der Waals surface area contributed by atoms with Crippen LogP contribution in [-0.2, 0) is 11.2 Å². The smallest absolute Gasteiger partial charge is 0.225 e. The fraction of sp³-hybridized carbons (Fsp3) is 0.438. The standard InChI is InChI=1S/C16H17N3O2S/c20-14-9-11(15-2-1-7-22-15)8-13-12(14)10-17-16(18-13)19-3-5-21-6-4-19/h1-2,7,10-11H,3-6,8-9H2/t11-/m0/s1. The highest BCUT2D eigenvalue weighted by atomic mass is 32.1. The van der Waals surface area contributed by atoms with E-state index in [1.165, 1.54) is 4.88 Å². The molecular weight excluding hydrogens is 298 g/mol. The number of aromatic nitrogens is 2. The molecule has 2 aromatic rings. The molecule has 2 aliphatic rings. The molecule has 114 valence electrons. The second-order valence-electron chi connectivity index (χ2n) is 5.67. The minimum atomic E-state index is 0.160. The van der Waals surface area contributed by atoms with Gasteiger partial charge >= 0.3 is 0 Å². The summed E-state index contributed by atoms with van der Waals surface area (Å²) in [5.74, 6) is 1.14. The van der Waals surface area contributed by atoms with Gasteiger partial charge < -0.3 is 9.64 Å². The zero-order valence-corrected chi connectivity index (χ0v) is 13.0. The third-order valence-electron chi connectivity index (χ3n) is 4.27. The summed E-state index contributed by atoms with van der Waals surface area (Å²) < 4.78 is 5.37. The molecule has 4 rings (SSSR count). The number of morpholine rings is 1. The van der Waals surface area contributed by atoms with E-state index in [1.54, 1.807) is 17.5 Å². The van der Waals surface area contributed by atoms with Crippen molar-refractivity contribution in [2.45, 2.75) is 18.8 Å². The Labute approximate surface area is 133 Å². The van der Waals surface area contributed by atoms with Crippen molar-refractivity contribution in [2.75, 3.05) is 31.2 Å². The minimum absolute atomic E-state index is 0.160. The average molecular weight is 315 g/mol. The van der Waals surface area contributed by atoms with Crippen molar-refractivity contribution in [2.24, 2.45) is 0 Å². The van der Waals surface area contributed by atoms with E-state index in [4.69, 9.17) is 9.72 Å². The molecule has 0 bridgehead atoms. The molecule has 0 N–H and O–H groups in total. The van der Waals surface area contributed by atoms with E-state index in [9.17, 15) is 4.79 Å². The van der Waals surface area contributed by atoms with Crippen LogP contribution in [0.5, 0.6) is 0 Å². The van der Waals surface area contributed by atoms with Gasteiger partial charge in [0, 0.05) is 36.5 Å². The van der Waals surface area contributed by atoms with Crippen LogP contribution in [0.3, 0.4) is 0 Å². The van der Waals surface area contributed by atoms with Crippen molar-refractivity contribution in [1.82, 2.24) is 9.97 Å². The molecular formula is C16H17N3O2S. The number of Topliss-reactive ketones (excluding diaryl/α,β-unsaturated/α-hetero) is 1. The third-order valence-corrected chi connectivity index (χ3v) is 5.30. The maximum atomic E-state index is 12.4. The quantitative estimate of drug-likeness (QED) is 0.851. The Morgan fingerprint density at radius 3 is 2.91 bits per heavy atom. The molecule has 0 unspecified atom stereocenters. The van der Waals surface area contributed by atoms with Crippen LogP contribution in [-0.4, -0.2) is 42.1 Å². The van der Waals surface area contributed by atoms with Crippen LogP contribution in [0.1, 0.15) is 33.3 Å². The maximum absolute atomic E-state index is 12.4. The molecule has 0 saturated carbocycles.